The zero-order chi connectivity index (χ0) is 15.0. The van der Waals surface area contributed by atoms with Crippen LogP contribution in [0.15, 0.2) is 23.1 Å². The molecule has 1 unspecified atom stereocenters. The van der Waals surface area contributed by atoms with Gasteiger partial charge in [0.05, 0.1) is 22.6 Å². The number of benzene rings is 1. The van der Waals surface area contributed by atoms with Crippen molar-refractivity contribution in [1.29, 1.82) is 0 Å². The lowest BCUT2D eigenvalue weighted by Crippen LogP contribution is -2.46. The molecular formula is C12H15FN2O4S. The fourth-order valence-electron chi connectivity index (χ4n) is 1.96. The maximum Gasteiger partial charge on any atom is 0.254 e. The highest BCUT2D eigenvalue weighted by atomic mass is 32.2. The fraction of sp³-hybridized carbons (Fsp3) is 0.417. The van der Waals surface area contributed by atoms with Crippen LogP contribution in [0.2, 0.25) is 0 Å². The quantitative estimate of drug-likeness (QED) is 0.843. The Kier molecular flexibility index (Phi) is 3.81. The largest absolute Gasteiger partial charge is 0.379 e. The number of primary sulfonamides is 1. The molecule has 110 valence electrons. The molecule has 1 saturated heterocycles. The van der Waals surface area contributed by atoms with Crippen LogP contribution in [0.3, 0.4) is 0 Å². The second kappa shape index (κ2) is 5.12. The second-order valence-electron chi connectivity index (χ2n) is 5.00. The molecular weight excluding hydrogens is 287 g/mol. The molecule has 8 heteroatoms. The van der Waals surface area contributed by atoms with E-state index in [2.05, 4.69) is 5.32 Å². The van der Waals surface area contributed by atoms with Gasteiger partial charge >= 0.3 is 0 Å². The average molecular weight is 302 g/mol. The maximum absolute atomic E-state index is 13.7. The van der Waals surface area contributed by atoms with E-state index in [1.807, 2.05) is 0 Å². The van der Waals surface area contributed by atoms with Gasteiger partial charge in [-0.2, -0.15) is 0 Å². The third-order valence-electron chi connectivity index (χ3n) is 3.15. The summed E-state index contributed by atoms with van der Waals surface area (Å²) in [5.41, 5.74) is -0.939. The van der Waals surface area contributed by atoms with Crippen molar-refractivity contribution in [3.05, 3.63) is 29.6 Å². The van der Waals surface area contributed by atoms with E-state index in [1.54, 1.807) is 6.92 Å². The van der Waals surface area contributed by atoms with Crippen molar-refractivity contribution in [2.75, 3.05) is 13.2 Å². The monoisotopic (exact) mass is 302 g/mol. The molecule has 20 heavy (non-hydrogen) atoms. The number of hydrogen-bond donors (Lipinski definition) is 2. The lowest BCUT2D eigenvalue weighted by Gasteiger charge is -2.23. The Morgan fingerprint density at radius 2 is 2.20 bits per heavy atom. The molecule has 2 rings (SSSR count). The third kappa shape index (κ3) is 3.14. The first-order chi connectivity index (χ1) is 9.21. The van der Waals surface area contributed by atoms with Gasteiger partial charge in [-0.25, -0.2) is 17.9 Å². The first kappa shape index (κ1) is 14.9. The van der Waals surface area contributed by atoms with Gasteiger partial charge in [0.25, 0.3) is 5.91 Å². The van der Waals surface area contributed by atoms with Crippen LogP contribution < -0.4 is 10.5 Å². The Balaban J connectivity index is 2.30. The van der Waals surface area contributed by atoms with E-state index >= 15 is 0 Å². The number of nitrogens with two attached hydrogens (primary N) is 1. The van der Waals surface area contributed by atoms with E-state index in [9.17, 15) is 17.6 Å². The predicted molar refractivity (Wildman–Crippen MR) is 69.1 cm³/mol. The van der Waals surface area contributed by atoms with Crippen LogP contribution in [0.25, 0.3) is 0 Å². The number of amides is 1. The minimum atomic E-state index is -3.99. The average Bonchev–Trinajstić information content (AvgIpc) is 2.74. The fourth-order valence-corrected chi connectivity index (χ4v) is 2.50. The number of halogens is 1. The van der Waals surface area contributed by atoms with Gasteiger partial charge in [0.2, 0.25) is 10.0 Å². The van der Waals surface area contributed by atoms with Crippen LogP contribution in [0, 0.1) is 5.82 Å². The minimum absolute atomic E-state index is 0.308. The van der Waals surface area contributed by atoms with Crippen molar-refractivity contribution in [1.82, 2.24) is 5.32 Å². The van der Waals surface area contributed by atoms with Crippen LogP contribution in [0.1, 0.15) is 23.7 Å². The predicted octanol–water partition coefficient (Wildman–Crippen LogP) is 0.382. The minimum Gasteiger partial charge on any atom is -0.379 e. The van der Waals surface area contributed by atoms with E-state index in [1.165, 1.54) is 0 Å². The molecule has 1 fully saturated rings. The zero-order valence-electron chi connectivity index (χ0n) is 10.8. The summed E-state index contributed by atoms with van der Waals surface area (Å²) in [5.74, 6) is -1.50. The van der Waals surface area contributed by atoms with Gasteiger partial charge < -0.3 is 10.1 Å². The van der Waals surface area contributed by atoms with Crippen LogP contribution in [0.5, 0.6) is 0 Å². The highest BCUT2D eigenvalue weighted by Crippen LogP contribution is 2.20. The normalized spacial score (nSPS) is 22.8. The smallest absolute Gasteiger partial charge is 0.254 e. The van der Waals surface area contributed by atoms with E-state index in [-0.39, 0.29) is 10.5 Å². The summed E-state index contributed by atoms with van der Waals surface area (Å²) in [6.07, 6.45) is 0.606. The number of carbonyl (C=O) groups is 1. The van der Waals surface area contributed by atoms with Crippen molar-refractivity contribution in [3.63, 3.8) is 0 Å². The molecule has 1 aliphatic rings. The Morgan fingerprint density at radius 1 is 1.50 bits per heavy atom. The van der Waals surface area contributed by atoms with Crippen molar-refractivity contribution >= 4 is 15.9 Å². The summed E-state index contributed by atoms with van der Waals surface area (Å²) < 4.78 is 41.3. The first-order valence-electron chi connectivity index (χ1n) is 5.94. The molecule has 1 amide bonds. The van der Waals surface area contributed by atoms with Crippen LogP contribution in [-0.2, 0) is 14.8 Å². The Morgan fingerprint density at radius 3 is 2.75 bits per heavy atom. The number of rotatable bonds is 3. The summed E-state index contributed by atoms with van der Waals surface area (Å²) in [6.45, 7) is 2.62. The molecule has 0 bridgehead atoms. The van der Waals surface area contributed by atoms with Crippen LogP contribution >= 0.6 is 0 Å². The van der Waals surface area contributed by atoms with Crippen molar-refractivity contribution in [2.24, 2.45) is 5.14 Å². The maximum atomic E-state index is 13.7. The Labute approximate surface area is 116 Å². The number of nitrogens with one attached hydrogen (secondary N) is 1. The molecule has 0 radical (unpaired) electrons. The van der Waals surface area contributed by atoms with E-state index in [0.29, 0.717) is 19.6 Å². The molecule has 1 atom stereocenters. The topological polar surface area (TPSA) is 98.5 Å². The lowest BCUT2D eigenvalue weighted by molar-refractivity contribution is 0.0885. The molecule has 0 spiro atoms. The number of ether oxygens (including phenoxy) is 1. The van der Waals surface area contributed by atoms with Gasteiger partial charge in [-0.1, -0.05) is 0 Å². The van der Waals surface area contributed by atoms with Gasteiger partial charge in [-0.3, -0.25) is 4.79 Å². The van der Waals surface area contributed by atoms with Gasteiger partial charge in [0, 0.05) is 6.61 Å². The SMILES string of the molecule is CC1(NC(=O)c2cc(S(N)(=O)=O)ccc2F)CCOC1. The summed E-state index contributed by atoms with van der Waals surface area (Å²) in [6, 6.07) is 2.85. The molecule has 0 saturated carbocycles. The highest BCUT2D eigenvalue weighted by Gasteiger charge is 2.32. The highest BCUT2D eigenvalue weighted by molar-refractivity contribution is 7.89. The summed E-state index contributed by atoms with van der Waals surface area (Å²) in [5, 5.41) is 7.61. The number of sulfonamides is 1. The summed E-state index contributed by atoms with van der Waals surface area (Å²) in [7, 11) is -3.99. The van der Waals surface area contributed by atoms with E-state index in [4.69, 9.17) is 9.88 Å². The zero-order valence-corrected chi connectivity index (χ0v) is 11.7. The second-order valence-corrected chi connectivity index (χ2v) is 6.57. The molecule has 3 N–H and O–H groups in total. The molecule has 6 nitrogen and oxygen atoms in total. The van der Waals surface area contributed by atoms with Gasteiger partial charge in [-0.05, 0) is 31.5 Å². The molecule has 0 aromatic heterocycles. The molecule has 1 heterocycles. The Hall–Kier alpha value is -1.51. The van der Waals surface area contributed by atoms with E-state index < -0.39 is 27.3 Å². The lowest BCUT2D eigenvalue weighted by atomic mass is 10.0. The number of carbonyl (C=O) groups excluding carboxylic acids is 1. The van der Waals surface area contributed by atoms with Gasteiger partial charge in [0.15, 0.2) is 0 Å². The first-order valence-corrected chi connectivity index (χ1v) is 7.49. The molecule has 1 aromatic rings. The third-order valence-corrected chi connectivity index (χ3v) is 4.06. The summed E-state index contributed by atoms with van der Waals surface area (Å²) in [4.78, 5) is 11.8. The van der Waals surface area contributed by atoms with Gasteiger partial charge in [0.1, 0.15) is 5.82 Å². The standard InChI is InChI=1S/C12H15FN2O4S/c1-12(4-5-19-7-12)15-11(16)9-6-8(20(14,17)18)2-3-10(9)13/h2-3,6H,4-5,7H2,1H3,(H,15,16)(H2,14,17,18). The Bertz CT molecular complexity index is 639. The van der Waals surface area contributed by atoms with Crippen molar-refractivity contribution in [3.8, 4) is 0 Å². The van der Waals surface area contributed by atoms with Gasteiger partial charge in [-0.15, -0.1) is 0 Å². The summed E-state index contributed by atoms with van der Waals surface area (Å²) >= 11 is 0. The molecule has 1 aromatic carbocycles. The molecule has 1 aliphatic heterocycles. The van der Waals surface area contributed by atoms with Crippen LogP contribution in [0.4, 0.5) is 4.39 Å². The number of hydrogen-bond acceptors (Lipinski definition) is 4. The van der Waals surface area contributed by atoms with Crippen LogP contribution in [-0.4, -0.2) is 33.1 Å². The van der Waals surface area contributed by atoms with E-state index in [0.717, 1.165) is 18.2 Å². The van der Waals surface area contributed by atoms with Crippen molar-refractivity contribution < 1.29 is 22.3 Å². The van der Waals surface area contributed by atoms with Crippen molar-refractivity contribution in [2.45, 2.75) is 23.8 Å². The molecule has 0 aliphatic carbocycles.